The fourth-order valence-electron chi connectivity index (χ4n) is 1.83. The number of ether oxygens (including phenoxy) is 1. The van der Waals surface area contributed by atoms with Crippen molar-refractivity contribution in [1.82, 2.24) is 0 Å². The summed E-state index contributed by atoms with van der Waals surface area (Å²) in [6, 6.07) is 6.57. The molecule has 76 valence electrons. The van der Waals surface area contributed by atoms with E-state index in [1.165, 1.54) is 11.3 Å². The molecule has 0 bridgehead atoms. The first-order chi connectivity index (χ1) is 6.83. The van der Waals surface area contributed by atoms with Crippen molar-refractivity contribution in [3.8, 4) is 5.75 Å². The molecule has 0 saturated heterocycles. The molecule has 0 aliphatic carbocycles. The Hall–Kier alpha value is -1.22. The Morgan fingerprint density at radius 1 is 1.57 bits per heavy atom. The summed E-state index contributed by atoms with van der Waals surface area (Å²) in [6.45, 7) is 0.691. The first-order valence-electron chi connectivity index (χ1n) is 4.97. The first-order valence-corrected chi connectivity index (χ1v) is 4.97. The molecule has 0 aromatic heterocycles. The number of anilines is 1. The van der Waals surface area contributed by atoms with Crippen LogP contribution in [-0.4, -0.2) is 19.7 Å². The zero-order chi connectivity index (χ0) is 9.97. The van der Waals surface area contributed by atoms with E-state index in [1.54, 1.807) is 7.11 Å². The average molecular weight is 192 g/mol. The maximum absolute atomic E-state index is 5.64. The van der Waals surface area contributed by atoms with Gasteiger partial charge >= 0.3 is 0 Å². The largest absolute Gasteiger partial charge is 0.497 e. The molecule has 1 heterocycles. The summed E-state index contributed by atoms with van der Waals surface area (Å²) in [5.41, 5.74) is 8.17. The minimum atomic E-state index is 0.412. The van der Waals surface area contributed by atoms with Crippen molar-refractivity contribution < 1.29 is 4.74 Å². The number of nitrogens with two attached hydrogens (primary N) is 1. The monoisotopic (exact) mass is 192 g/mol. The SMILES string of the molecule is COc1ccc2c(c1)NC(CN)CC2. The van der Waals surface area contributed by atoms with E-state index >= 15 is 0 Å². The molecule has 1 aromatic rings. The summed E-state index contributed by atoms with van der Waals surface area (Å²) >= 11 is 0. The van der Waals surface area contributed by atoms with E-state index in [0.29, 0.717) is 12.6 Å². The molecule has 14 heavy (non-hydrogen) atoms. The number of methoxy groups -OCH3 is 1. The molecule has 0 fully saturated rings. The van der Waals surface area contributed by atoms with E-state index in [2.05, 4.69) is 11.4 Å². The molecule has 1 aliphatic heterocycles. The van der Waals surface area contributed by atoms with Crippen molar-refractivity contribution in [3.63, 3.8) is 0 Å². The van der Waals surface area contributed by atoms with Crippen LogP contribution in [0.4, 0.5) is 5.69 Å². The Morgan fingerprint density at radius 2 is 2.43 bits per heavy atom. The summed E-state index contributed by atoms with van der Waals surface area (Å²) in [5, 5.41) is 3.42. The molecule has 0 saturated carbocycles. The second-order valence-electron chi connectivity index (χ2n) is 3.64. The lowest BCUT2D eigenvalue weighted by Gasteiger charge is -2.26. The first kappa shape index (κ1) is 9.34. The van der Waals surface area contributed by atoms with Crippen LogP contribution in [0, 0.1) is 0 Å². The smallest absolute Gasteiger partial charge is 0.120 e. The number of hydrogen-bond donors (Lipinski definition) is 2. The molecular formula is C11H16N2O. The van der Waals surface area contributed by atoms with E-state index in [0.717, 1.165) is 18.6 Å². The summed E-state index contributed by atoms with van der Waals surface area (Å²) in [5.74, 6) is 0.897. The summed E-state index contributed by atoms with van der Waals surface area (Å²) < 4.78 is 5.18. The van der Waals surface area contributed by atoms with Crippen molar-refractivity contribution in [3.05, 3.63) is 23.8 Å². The second kappa shape index (κ2) is 3.88. The summed E-state index contributed by atoms with van der Waals surface area (Å²) in [6.07, 6.45) is 2.23. The fraction of sp³-hybridized carbons (Fsp3) is 0.455. The van der Waals surface area contributed by atoms with Gasteiger partial charge in [0.15, 0.2) is 0 Å². The Kier molecular flexibility index (Phi) is 2.59. The highest BCUT2D eigenvalue weighted by Gasteiger charge is 2.16. The third kappa shape index (κ3) is 1.68. The fourth-order valence-corrected chi connectivity index (χ4v) is 1.83. The highest BCUT2D eigenvalue weighted by molar-refractivity contribution is 5.57. The van der Waals surface area contributed by atoms with Gasteiger partial charge in [0.1, 0.15) is 5.75 Å². The number of hydrogen-bond acceptors (Lipinski definition) is 3. The van der Waals surface area contributed by atoms with E-state index in [1.807, 2.05) is 12.1 Å². The Bertz CT molecular complexity index is 325. The van der Waals surface area contributed by atoms with Crippen LogP contribution in [-0.2, 0) is 6.42 Å². The molecule has 3 heteroatoms. The van der Waals surface area contributed by atoms with Crippen LogP contribution in [0.3, 0.4) is 0 Å². The van der Waals surface area contributed by atoms with Gasteiger partial charge in [-0.1, -0.05) is 6.07 Å². The van der Waals surface area contributed by atoms with Gasteiger partial charge in [0, 0.05) is 24.3 Å². The predicted molar refractivity (Wildman–Crippen MR) is 57.8 cm³/mol. The maximum atomic E-state index is 5.64. The van der Waals surface area contributed by atoms with E-state index in [9.17, 15) is 0 Å². The van der Waals surface area contributed by atoms with Gasteiger partial charge in [0.25, 0.3) is 0 Å². The molecule has 0 radical (unpaired) electrons. The number of fused-ring (bicyclic) bond motifs is 1. The second-order valence-corrected chi connectivity index (χ2v) is 3.64. The zero-order valence-corrected chi connectivity index (χ0v) is 8.42. The lowest BCUT2D eigenvalue weighted by atomic mass is 9.98. The Balaban J connectivity index is 2.25. The molecule has 1 atom stereocenters. The molecule has 1 aliphatic rings. The quantitative estimate of drug-likeness (QED) is 0.744. The molecule has 3 N–H and O–H groups in total. The molecule has 2 rings (SSSR count). The minimum Gasteiger partial charge on any atom is -0.497 e. The summed E-state index contributed by atoms with van der Waals surface area (Å²) in [4.78, 5) is 0. The third-order valence-corrected chi connectivity index (χ3v) is 2.72. The van der Waals surface area contributed by atoms with E-state index < -0.39 is 0 Å². The van der Waals surface area contributed by atoms with Crippen LogP contribution in [0.1, 0.15) is 12.0 Å². The predicted octanol–water partition coefficient (Wildman–Crippen LogP) is 1.38. The van der Waals surface area contributed by atoms with Crippen molar-refractivity contribution in [1.29, 1.82) is 0 Å². The minimum absolute atomic E-state index is 0.412. The van der Waals surface area contributed by atoms with Gasteiger partial charge in [-0.3, -0.25) is 0 Å². The van der Waals surface area contributed by atoms with Crippen LogP contribution in [0.25, 0.3) is 0 Å². The highest BCUT2D eigenvalue weighted by atomic mass is 16.5. The topological polar surface area (TPSA) is 47.3 Å². The molecule has 0 spiro atoms. The van der Waals surface area contributed by atoms with Gasteiger partial charge in [0.2, 0.25) is 0 Å². The van der Waals surface area contributed by atoms with Crippen molar-refractivity contribution in [2.75, 3.05) is 19.0 Å². The average Bonchev–Trinajstić information content (AvgIpc) is 2.27. The Morgan fingerprint density at radius 3 is 3.14 bits per heavy atom. The molecule has 3 nitrogen and oxygen atoms in total. The van der Waals surface area contributed by atoms with Crippen molar-refractivity contribution >= 4 is 5.69 Å². The van der Waals surface area contributed by atoms with Crippen LogP contribution in [0.5, 0.6) is 5.75 Å². The standard InChI is InChI=1S/C11H16N2O/c1-14-10-5-3-8-2-4-9(7-12)13-11(8)6-10/h3,5-6,9,13H,2,4,7,12H2,1H3. The molecule has 0 amide bonds. The summed E-state index contributed by atoms with van der Waals surface area (Å²) in [7, 11) is 1.69. The van der Waals surface area contributed by atoms with Crippen LogP contribution >= 0.6 is 0 Å². The zero-order valence-electron chi connectivity index (χ0n) is 8.42. The van der Waals surface area contributed by atoms with Gasteiger partial charge in [-0.25, -0.2) is 0 Å². The van der Waals surface area contributed by atoms with Crippen molar-refractivity contribution in [2.24, 2.45) is 5.73 Å². The number of rotatable bonds is 2. The van der Waals surface area contributed by atoms with Crippen LogP contribution < -0.4 is 15.8 Å². The Labute approximate surface area is 84.3 Å². The number of nitrogens with one attached hydrogen (secondary N) is 1. The van der Waals surface area contributed by atoms with Gasteiger partial charge in [-0.15, -0.1) is 0 Å². The number of aryl methyl sites for hydroxylation is 1. The van der Waals surface area contributed by atoms with Gasteiger partial charge in [-0.2, -0.15) is 0 Å². The van der Waals surface area contributed by atoms with Crippen LogP contribution in [0.2, 0.25) is 0 Å². The third-order valence-electron chi connectivity index (χ3n) is 2.72. The normalized spacial score (nSPS) is 19.7. The van der Waals surface area contributed by atoms with E-state index in [4.69, 9.17) is 10.5 Å². The van der Waals surface area contributed by atoms with Crippen molar-refractivity contribution in [2.45, 2.75) is 18.9 Å². The lowest BCUT2D eigenvalue weighted by Crippen LogP contribution is -2.32. The van der Waals surface area contributed by atoms with E-state index in [-0.39, 0.29) is 0 Å². The van der Waals surface area contributed by atoms with Gasteiger partial charge in [-0.05, 0) is 24.5 Å². The highest BCUT2D eigenvalue weighted by Crippen LogP contribution is 2.28. The lowest BCUT2D eigenvalue weighted by molar-refractivity contribution is 0.414. The van der Waals surface area contributed by atoms with Gasteiger partial charge in [0.05, 0.1) is 7.11 Å². The molecule has 1 unspecified atom stereocenters. The maximum Gasteiger partial charge on any atom is 0.120 e. The number of benzene rings is 1. The molecular weight excluding hydrogens is 176 g/mol. The molecule has 1 aromatic carbocycles. The van der Waals surface area contributed by atoms with Crippen LogP contribution in [0.15, 0.2) is 18.2 Å². The van der Waals surface area contributed by atoms with Gasteiger partial charge < -0.3 is 15.8 Å².